The number of rotatable bonds is 5. The summed E-state index contributed by atoms with van der Waals surface area (Å²) in [5, 5.41) is 16.6. The van der Waals surface area contributed by atoms with E-state index in [-0.39, 0.29) is 29.3 Å². The van der Waals surface area contributed by atoms with E-state index in [0.29, 0.717) is 18.5 Å². The van der Waals surface area contributed by atoms with Crippen LogP contribution in [0.1, 0.15) is 29.6 Å². The predicted octanol–water partition coefficient (Wildman–Crippen LogP) is 3.02. The van der Waals surface area contributed by atoms with Crippen LogP contribution >= 0.6 is 10.6 Å². The van der Waals surface area contributed by atoms with Crippen molar-refractivity contribution in [1.82, 2.24) is 9.78 Å². The molecule has 144 valence electrons. The number of carbonyl (C=O) groups is 1. The fourth-order valence-corrected chi connectivity index (χ4v) is 4.75. The zero-order chi connectivity index (χ0) is 19.7. The van der Waals surface area contributed by atoms with Crippen molar-refractivity contribution in [3.63, 3.8) is 0 Å². The van der Waals surface area contributed by atoms with Gasteiger partial charge in [-0.1, -0.05) is 0 Å². The van der Waals surface area contributed by atoms with Gasteiger partial charge in [0, 0.05) is 23.4 Å². The molecule has 0 aliphatic carbocycles. The number of halogens is 1. The Labute approximate surface area is 157 Å². The lowest BCUT2D eigenvalue weighted by Crippen LogP contribution is -2.41. The zero-order valence-corrected chi connectivity index (χ0v) is 15.2. The van der Waals surface area contributed by atoms with Crippen LogP contribution in [0.4, 0.5) is 15.9 Å². The Balaban J connectivity index is 1.96. The number of carbonyl (C=O) groups excluding carboxylic acids is 1. The molecule has 1 aliphatic rings. The van der Waals surface area contributed by atoms with E-state index in [2.05, 4.69) is 16.5 Å². The van der Waals surface area contributed by atoms with Crippen molar-refractivity contribution in [3.8, 4) is 6.07 Å². The third-order valence-electron chi connectivity index (χ3n) is 4.77. The van der Waals surface area contributed by atoms with E-state index in [1.807, 2.05) is 0 Å². The third kappa shape index (κ3) is 4.05. The molecule has 1 fully saturated rings. The van der Waals surface area contributed by atoms with Gasteiger partial charge in [-0.25, -0.2) is 4.39 Å². The standard InChI is InChI=1S/C17H20FN5O3S/c18-12-1-3-13(4-2-12)21-16-14(15(20)24)11-23(22-16)17(5-8-19)6-9-27(25,26)10-7-17/h1-4,11,25-26H,5-7,9-10H2,(H2,20,24)(H,21,22). The number of hydrogen-bond acceptors (Lipinski definition) is 6. The van der Waals surface area contributed by atoms with Crippen LogP contribution in [-0.4, -0.2) is 36.3 Å². The van der Waals surface area contributed by atoms with Crippen molar-refractivity contribution in [2.24, 2.45) is 5.73 Å². The summed E-state index contributed by atoms with van der Waals surface area (Å²) in [6.07, 6.45) is 2.28. The van der Waals surface area contributed by atoms with Crippen LogP contribution in [0.25, 0.3) is 0 Å². The lowest BCUT2D eigenvalue weighted by atomic mass is 9.89. The van der Waals surface area contributed by atoms with Crippen molar-refractivity contribution in [1.29, 1.82) is 5.26 Å². The van der Waals surface area contributed by atoms with Crippen LogP contribution < -0.4 is 11.1 Å². The quantitative estimate of drug-likeness (QED) is 0.616. The fourth-order valence-electron chi connectivity index (χ4n) is 3.13. The van der Waals surface area contributed by atoms with Gasteiger partial charge in [0.15, 0.2) is 5.82 Å². The van der Waals surface area contributed by atoms with Gasteiger partial charge in [0.05, 0.1) is 18.0 Å². The first kappa shape index (κ1) is 19.2. The summed E-state index contributed by atoms with van der Waals surface area (Å²) in [6, 6.07) is 7.67. The predicted molar refractivity (Wildman–Crippen MR) is 100 cm³/mol. The monoisotopic (exact) mass is 393 g/mol. The molecule has 27 heavy (non-hydrogen) atoms. The summed E-state index contributed by atoms with van der Waals surface area (Å²) in [6.45, 7) is 0. The topological polar surface area (TPSA) is 137 Å². The maximum Gasteiger partial charge on any atom is 0.254 e. The Kier molecular flexibility index (Phi) is 5.10. The number of anilines is 2. The highest BCUT2D eigenvalue weighted by Gasteiger charge is 2.40. The maximum atomic E-state index is 13.1. The second kappa shape index (κ2) is 7.19. The smallest absolute Gasteiger partial charge is 0.254 e. The number of amides is 1. The lowest BCUT2D eigenvalue weighted by Gasteiger charge is -2.45. The minimum Gasteiger partial charge on any atom is -0.365 e. The zero-order valence-electron chi connectivity index (χ0n) is 14.4. The third-order valence-corrected chi connectivity index (χ3v) is 6.49. The molecule has 1 aromatic heterocycles. The molecule has 5 N–H and O–H groups in total. The van der Waals surface area contributed by atoms with Gasteiger partial charge in [-0.15, -0.1) is 0 Å². The van der Waals surface area contributed by atoms with E-state index in [1.165, 1.54) is 35.1 Å². The van der Waals surface area contributed by atoms with E-state index in [9.17, 15) is 23.6 Å². The minimum absolute atomic E-state index is 0.110. The Morgan fingerprint density at radius 1 is 1.37 bits per heavy atom. The molecule has 0 atom stereocenters. The van der Waals surface area contributed by atoms with Crippen molar-refractivity contribution < 1.29 is 18.3 Å². The number of hydrogen-bond donors (Lipinski definition) is 4. The molecule has 1 saturated heterocycles. The molecule has 1 aliphatic heterocycles. The minimum atomic E-state index is -2.65. The Bertz CT molecular complexity index is 881. The van der Waals surface area contributed by atoms with Gasteiger partial charge >= 0.3 is 0 Å². The maximum absolute atomic E-state index is 13.1. The van der Waals surface area contributed by atoms with Crippen molar-refractivity contribution in [3.05, 3.63) is 41.8 Å². The summed E-state index contributed by atoms with van der Waals surface area (Å²) in [7, 11) is -2.65. The molecule has 10 heteroatoms. The number of aromatic nitrogens is 2. The van der Waals surface area contributed by atoms with Crippen LogP contribution in [-0.2, 0) is 5.54 Å². The summed E-state index contributed by atoms with van der Waals surface area (Å²) in [5.41, 5.74) is 5.37. The Morgan fingerprint density at radius 2 is 2.00 bits per heavy atom. The first-order chi connectivity index (χ1) is 12.7. The van der Waals surface area contributed by atoms with Crippen molar-refractivity contribution in [2.45, 2.75) is 24.8 Å². The van der Waals surface area contributed by atoms with Gasteiger partial charge in [0.25, 0.3) is 5.91 Å². The molecular formula is C17H20FN5O3S. The molecule has 1 aromatic carbocycles. The number of nitrogens with one attached hydrogen (secondary N) is 1. The van der Waals surface area contributed by atoms with Gasteiger partial charge in [0.2, 0.25) is 0 Å². The number of nitrogens with two attached hydrogens (primary N) is 1. The SMILES string of the molecule is N#CCC1(n2cc(C(N)=O)c(Nc3ccc(F)cc3)n2)CCS(O)(O)CC1. The summed E-state index contributed by atoms with van der Waals surface area (Å²) >= 11 is 0. The van der Waals surface area contributed by atoms with Gasteiger partial charge in [-0.3, -0.25) is 18.6 Å². The molecule has 2 aromatic rings. The van der Waals surface area contributed by atoms with Crippen molar-refractivity contribution in [2.75, 3.05) is 16.8 Å². The molecule has 0 spiro atoms. The highest BCUT2D eigenvalue weighted by atomic mass is 32.3. The van der Waals surface area contributed by atoms with Gasteiger partial charge in [-0.2, -0.15) is 21.0 Å². The highest BCUT2D eigenvalue weighted by Crippen LogP contribution is 2.50. The number of nitrogens with zero attached hydrogens (tertiary/aromatic N) is 3. The van der Waals surface area contributed by atoms with Crippen LogP contribution in [0.2, 0.25) is 0 Å². The molecule has 0 unspecified atom stereocenters. The second-order valence-electron chi connectivity index (χ2n) is 6.60. The van der Waals surface area contributed by atoms with E-state index in [1.54, 1.807) is 0 Å². The van der Waals surface area contributed by atoms with E-state index >= 15 is 0 Å². The highest BCUT2D eigenvalue weighted by molar-refractivity contribution is 8.24. The summed E-state index contributed by atoms with van der Waals surface area (Å²) < 4.78 is 34.4. The molecule has 2 heterocycles. The average Bonchev–Trinajstić information content (AvgIpc) is 3.04. The van der Waals surface area contributed by atoms with Gasteiger partial charge in [0.1, 0.15) is 11.4 Å². The van der Waals surface area contributed by atoms with E-state index in [4.69, 9.17) is 5.73 Å². The summed E-state index contributed by atoms with van der Waals surface area (Å²) in [5.74, 6) is -0.556. The molecule has 1 amide bonds. The number of primary amides is 1. The number of benzene rings is 1. The van der Waals surface area contributed by atoms with Crippen molar-refractivity contribution >= 4 is 28.0 Å². The van der Waals surface area contributed by atoms with Gasteiger partial charge in [-0.05, 0) is 37.1 Å². The summed E-state index contributed by atoms with van der Waals surface area (Å²) in [4.78, 5) is 11.9. The molecule has 0 saturated carbocycles. The van der Waals surface area contributed by atoms with E-state index in [0.717, 1.165) is 0 Å². The molecule has 0 bridgehead atoms. The lowest BCUT2D eigenvalue weighted by molar-refractivity contribution is 0.100. The Morgan fingerprint density at radius 3 is 2.56 bits per heavy atom. The first-order valence-corrected chi connectivity index (χ1v) is 10.2. The number of nitriles is 1. The molecule has 0 radical (unpaired) electrons. The van der Waals surface area contributed by atoms with Crippen LogP contribution in [0.15, 0.2) is 30.5 Å². The van der Waals surface area contributed by atoms with E-state index < -0.39 is 27.9 Å². The Hall–Kier alpha value is -2.61. The van der Waals surface area contributed by atoms with Crippen LogP contribution in [0.5, 0.6) is 0 Å². The molecule has 3 rings (SSSR count). The molecular weight excluding hydrogens is 373 g/mol. The normalized spacial score (nSPS) is 19.0. The average molecular weight is 393 g/mol. The molecule has 8 nitrogen and oxygen atoms in total. The van der Waals surface area contributed by atoms with Gasteiger partial charge < -0.3 is 11.1 Å². The largest absolute Gasteiger partial charge is 0.365 e. The first-order valence-electron chi connectivity index (χ1n) is 8.28. The van der Waals surface area contributed by atoms with Crippen LogP contribution in [0.3, 0.4) is 0 Å². The van der Waals surface area contributed by atoms with Crippen LogP contribution in [0, 0.1) is 17.1 Å². The second-order valence-corrected chi connectivity index (χ2v) is 9.02. The fraction of sp³-hybridized carbons (Fsp3) is 0.353.